The molecule has 1 aromatic carbocycles. The molecule has 2 aliphatic rings. The summed E-state index contributed by atoms with van der Waals surface area (Å²) >= 11 is 0. The topological polar surface area (TPSA) is 76.2 Å². The number of aromatic nitrogens is 2. The fourth-order valence-electron chi connectivity index (χ4n) is 3.26. The Bertz CT molecular complexity index is 786. The number of hydrogen-bond acceptors (Lipinski definition) is 4. The van der Waals surface area contributed by atoms with Crippen molar-refractivity contribution < 1.29 is 14.3 Å². The molecule has 1 aliphatic heterocycles. The first-order valence-corrected chi connectivity index (χ1v) is 8.40. The number of amides is 1. The minimum Gasteiger partial charge on any atom is -0.449 e. The zero-order valence-corrected chi connectivity index (χ0v) is 13.9. The van der Waals surface area contributed by atoms with E-state index >= 15 is 0 Å². The van der Waals surface area contributed by atoms with Gasteiger partial charge >= 0.3 is 0 Å². The van der Waals surface area contributed by atoms with Gasteiger partial charge in [0.25, 0.3) is 0 Å². The van der Waals surface area contributed by atoms with Gasteiger partial charge in [-0.15, -0.1) is 0 Å². The summed E-state index contributed by atoms with van der Waals surface area (Å²) < 4.78 is 11.7. The minimum atomic E-state index is -0.620. The van der Waals surface area contributed by atoms with Gasteiger partial charge in [0.05, 0.1) is 6.20 Å². The van der Waals surface area contributed by atoms with Crippen molar-refractivity contribution >= 4 is 11.6 Å². The molecular formula is C18H21N3O3. The van der Waals surface area contributed by atoms with Gasteiger partial charge in [0.15, 0.2) is 11.5 Å². The van der Waals surface area contributed by atoms with E-state index in [4.69, 9.17) is 9.47 Å². The lowest BCUT2D eigenvalue weighted by atomic mass is 9.87. The molecule has 6 nitrogen and oxygen atoms in total. The second kappa shape index (κ2) is 5.54. The monoisotopic (exact) mass is 327 g/mol. The van der Waals surface area contributed by atoms with Crippen molar-refractivity contribution in [3.63, 3.8) is 0 Å². The van der Waals surface area contributed by atoms with Crippen molar-refractivity contribution in [2.24, 2.45) is 5.92 Å². The first-order valence-electron chi connectivity index (χ1n) is 8.40. The summed E-state index contributed by atoms with van der Waals surface area (Å²) in [5.41, 5.74) is 3.03. The normalized spacial score (nSPS) is 24.5. The van der Waals surface area contributed by atoms with Crippen LogP contribution in [0.4, 0.5) is 5.69 Å². The van der Waals surface area contributed by atoms with E-state index in [9.17, 15) is 4.79 Å². The van der Waals surface area contributed by atoms with Crippen LogP contribution in [0.3, 0.4) is 0 Å². The molecule has 2 aromatic rings. The Morgan fingerprint density at radius 3 is 3.08 bits per heavy atom. The lowest BCUT2D eigenvalue weighted by molar-refractivity contribution is -0.120. The van der Waals surface area contributed by atoms with E-state index in [1.54, 1.807) is 0 Å². The molecule has 126 valence electrons. The van der Waals surface area contributed by atoms with Crippen LogP contribution >= 0.6 is 0 Å². The van der Waals surface area contributed by atoms with Crippen LogP contribution in [0, 0.1) is 5.92 Å². The van der Waals surface area contributed by atoms with Crippen LogP contribution in [0.25, 0.3) is 0 Å². The number of aryl methyl sites for hydroxylation is 1. The molecule has 0 unspecified atom stereocenters. The summed E-state index contributed by atoms with van der Waals surface area (Å²) in [5.74, 6) is 0.774. The number of nitrogens with zero attached hydrogens (tertiary/aromatic N) is 1. The zero-order valence-electron chi connectivity index (χ0n) is 13.9. The average Bonchev–Trinajstić information content (AvgIpc) is 3.17. The molecule has 2 N–H and O–H groups in total. The Kier molecular flexibility index (Phi) is 3.48. The van der Waals surface area contributed by atoms with Crippen molar-refractivity contribution in [1.29, 1.82) is 0 Å². The van der Waals surface area contributed by atoms with E-state index in [0.29, 0.717) is 12.2 Å². The second-order valence-electron chi connectivity index (χ2n) is 6.66. The van der Waals surface area contributed by atoms with E-state index in [-0.39, 0.29) is 11.8 Å². The molecule has 1 aliphatic carbocycles. The number of ether oxygens (including phenoxy) is 2. The first-order chi connectivity index (χ1) is 11.6. The number of nitrogens with one attached hydrogen (secondary N) is 2. The SMILES string of the molecule is CC[C@]1(C)Oc2ccc(NC(=O)[C@@H]3CCc4cn[nH]c4C3)cc2O1. The smallest absolute Gasteiger partial charge is 0.248 e. The third-order valence-corrected chi connectivity index (χ3v) is 4.90. The molecule has 0 fully saturated rings. The molecule has 4 rings (SSSR count). The highest BCUT2D eigenvalue weighted by Gasteiger charge is 2.35. The summed E-state index contributed by atoms with van der Waals surface area (Å²) in [6.07, 6.45) is 5.04. The number of aromatic amines is 1. The van der Waals surface area contributed by atoms with Gasteiger partial charge in [-0.1, -0.05) is 6.92 Å². The predicted octanol–water partition coefficient (Wildman–Crippen LogP) is 3.05. The lowest BCUT2D eigenvalue weighted by Gasteiger charge is -2.21. The number of hydrogen-bond donors (Lipinski definition) is 2. The molecule has 6 heteroatoms. The van der Waals surface area contributed by atoms with Crippen molar-refractivity contribution in [2.45, 2.75) is 45.3 Å². The first kappa shape index (κ1) is 15.1. The van der Waals surface area contributed by atoms with Crippen molar-refractivity contribution in [2.75, 3.05) is 5.32 Å². The summed E-state index contributed by atoms with van der Waals surface area (Å²) in [7, 11) is 0. The van der Waals surface area contributed by atoms with Gasteiger partial charge in [0, 0.05) is 43.1 Å². The molecule has 0 bridgehead atoms. The number of fused-ring (bicyclic) bond motifs is 2. The molecule has 1 amide bonds. The maximum absolute atomic E-state index is 12.6. The summed E-state index contributed by atoms with van der Waals surface area (Å²) in [4.78, 5) is 12.6. The van der Waals surface area contributed by atoms with Gasteiger partial charge in [-0.05, 0) is 30.5 Å². The molecule has 0 saturated carbocycles. The zero-order chi connectivity index (χ0) is 16.7. The van der Waals surface area contributed by atoms with Crippen molar-refractivity contribution in [1.82, 2.24) is 10.2 Å². The van der Waals surface area contributed by atoms with Crippen LogP contribution < -0.4 is 14.8 Å². The molecule has 0 radical (unpaired) electrons. The van der Waals surface area contributed by atoms with E-state index in [2.05, 4.69) is 15.5 Å². The van der Waals surface area contributed by atoms with Gasteiger partial charge in [-0.25, -0.2) is 0 Å². The summed E-state index contributed by atoms with van der Waals surface area (Å²) in [5, 5.41) is 10.0. The minimum absolute atomic E-state index is 0.0346. The van der Waals surface area contributed by atoms with E-state index < -0.39 is 5.79 Å². The Balaban J connectivity index is 1.45. The molecule has 0 saturated heterocycles. The maximum atomic E-state index is 12.6. The average molecular weight is 327 g/mol. The standard InChI is InChI=1S/C18H21N3O3/c1-3-18(2)23-15-7-6-13(9-16(15)24-18)20-17(22)11-4-5-12-10-19-21-14(12)8-11/h6-7,9-11H,3-5,8H2,1-2H3,(H,19,21)(H,20,22)/t11-,18-/m1/s1. The van der Waals surface area contributed by atoms with Gasteiger partial charge in [0.1, 0.15) is 0 Å². The molecule has 0 spiro atoms. The number of H-pyrrole nitrogens is 1. The quantitative estimate of drug-likeness (QED) is 0.908. The van der Waals surface area contributed by atoms with Gasteiger partial charge < -0.3 is 14.8 Å². The third-order valence-electron chi connectivity index (χ3n) is 4.90. The van der Waals surface area contributed by atoms with Crippen LogP contribution in [0.1, 0.15) is 37.9 Å². The number of carbonyl (C=O) groups is 1. The molecular weight excluding hydrogens is 306 g/mol. The lowest BCUT2D eigenvalue weighted by Crippen LogP contribution is -2.33. The number of carbonyl (C=O) groups excluding carboxylic acids is 1. The van der Waals surface area contributed by atoms with Gasteiger partial charge in [-0.3, -0.25) is 9.89 Å². The van der Waals surface area contributed by atoms with Gasteiger partial charge in [0.2, 0.25) is 11.7 Å². The fraction of sp³-hybridized carbons (Fsp3) is 0.444. The Labute approximate surface area is 140 Å². The van der Waals surface area contributed by atoms with Crippen LogP contribution in [0.2, 0.25) is 0 Å². The summed E-state index contributed by atoms with van der Waals surface area (Å²) in [6.45, 7) is 3.93. The largest absolute Gasteiger partial charge is 0.449 e. The van der Waals surface area contributed by atoms with Crippen LogP contribution in [-0.4, -0.2) is 21.9 Å². The molecule has 1 aromatic heterocycles. The Hall–Kier alpha value is -2.50. The van der Waals surface area contributed by atoms with Crippen molar-refractivity contribution in [3.05, 3.63) is 35.7 Å². The van der Waals surface area contributed by atoms with Gasteiger partial charge in [-0.2, -0.15) is 5.10 Å². The van der Waals surface area contributed by atoms with Crippen LogP contribution in [0.5, 0.6) is 11.5 Å². The number of rotatable bonds is 3. The number of benzene rings is 1. The maximum Gasteiger partial charge on any atom is 0.248 e. The highest BCUT2D eigenvalue weighted by molar-refractivity contribution is 5.93. The molecule has 2 atom stereocenters. The third kappa shape index (κ3) is 2.62. The Morgan fingerprint density at radius 1 is 1.42 bits per heavy atom. The predicted molar refractivity (Wildman–Crippen MR) is 89.1 cm³/mol. The highest BCUT2D eigenvalue weighted by atomic mass is 16.7. The van der Waals surface area contributed by atoms with E-state index in [0.717, 1.165) is 36.4 Å². The summed E-state index contributed by atoms with van der Waals surface area (Å²) in [6, 6.07) is 5.53. The number of anilines is 1. The molecule has 24 heavy (non-hydrogen) atoms. The van der Waals surface area contributed by atoms with E-state index in [1.165, 1.54) is 5.56 Å². The second-order valence-corrected chi connectivity index (χ2v) is 6.66. The van der Waals surface area contributed by atoms with Crippen LogP contribution in [-0.2, 0) is 17.6 Å². The van der Waals surface area contributed by atoms with Crippen molar-refractivity contribution in [3.8, 4) is 11.5 Å². The highest BCUT2D eigenvalue weighted by Crippen LogP contribution is 2.42. The van der Waals surface area contributed by atoms with E-state index in [1.807, 2.05) is 38.2 Å². The fourth-order valence-corrected chi connectivity index (χ4v) is 3.26. The Morgan fingerprint density at radius 2 is 2.25 bits per heavy atom. The van der Waals surface area contributed by atoms with Crippen LogP contribution in [0.15, 0.2) is 24.4 Å². The molecule has 2 heterocycles.